The lowest BCUT2D eigenvalue weighted by molar-refractivity contribution is -0.383. The molecule has 0 amide bonds. The number of nitro benzene ring substituents is 1. The Morgan fingerprint density at radius 1 is 1.14 bits per heavy atom. The molecule has 2 rings (SSSR count). The van der Waals surface area contributed by atoms with Crippen LogP contribution in [0.2, 0.25) is 0 Å². The lowest BCUT2D eigenvalue weighted by Gasteiger charge is -2.11. The van der Waals surface area contributed by atoms with E-state index >= 15 is 0 Å². The first-order valence-electron chi connectivity index (χ1n) is 6.44. The van der Waals surface area contributed by atoms with Crippen LogP contribution >= 0.6 is 0 Å². The number of hydrogen-bond acceptors (Lipinski definition) is 5. The van der Waals surface area contributed by atoms with Crippen molar-refractivity contribution >= 4 is 22.7 Å². The van der Waals surface area contributed by atoms with Gasteiger partial charge in [-0.15, -0.1) is 0 Å². The number of nitriles is 1. The fourth-order valence-corrected chi connectivity index (χ4v) is 2.01. The van der Waals surface area contributed by atoms with E-state index in [9.17, 15) is 10.1 Å². The molecule has 2 aromatic carbocycles. The van der Waals surface area contributed by atoms with Crippen LogP contribution in [0.25, 0.3) is 0 Å². The Hall–Kier alpha value is -3.07. The van der Waals surface area contributed by atoms with Crippen LogP contribution in [0, 0.1) is 21.4 Å². The monoisotopic (exact) mass is 282 g/mol. The Labute approximate surface area is 122 Å². The van der Waals surface area contributed by atoms with E-state index in [-0.39, 0.29) is 5.69 Å². The molecule has 2 aromatic rings. The zero-order valence-corrected chi connectivity index (χ0v) is 11.5. The Balaban J connectivity index is 2.47. The average Bonchev–Trinajstić information content (AvgIpc) is 2.48. The van der Waals surface area contributed by atoms with Gasteiger partial charge in [0.05, 0.1) is 16.2 Å². The van der Waals surface area contributed by atoms with Crippen LogP contribution in [0.3, 0.4) is 0 Å². The Morgan fingerprint density at radius 3 is 2.48 bits per heavy atom. The third kappa shape index (κ3) is 3.09. The van der Waals surface area contributed by atoms with Gasteiger partial charge in [0.2, 0.25) is 0 Å². The SMILES string of the molecule is CCNc1cccc(Nc2ccccc2C#N)c1[N+](=O)[O-]. The summed E-state index contributed by atoms with van der Waals surface area (Å²) >= 11 is 0. The van der Waals surface area contributed by atoms with E-state index in [1.807, 2.05) is 6.92 Å². The minimum atomic E-state index is -0.435. The number of rotatable bonds is 5. The van der Waals surface area contributed by atoms with Gasteiger partial charge in [-0.2, -0.15) is 5.26 Å². The van der Waals surface area contributed by atoms with Gasteiger partial charge < -0.3 is 10.6 Å². The predicted octanol–water partition coefficient (Wildman–Crippen LogP) is 3.64. The van der Waals surface area contributed by atoms with Crippen molar-refractivity contribution in [3.8, 4) is 6.07 Å². The summed E-state index contributed by atoms with van der Waals surface area (Å²) in [7, 11) is 0. The maximum atomic E-state index is 11.3. The van der Waals surface area contributed by atoms with Gasteiger partial charge in [0, 0.05) is 6.54 Å². The fourth-order valence-electron chi connectivity index (χ4n) is 2.01. The average molecular weight is 282 g/mol. The van der Waals surface area contributed by atoms with Crippen molar-refractivity contribution < 1.29 is 4.92 Å². The van der Waals surface area contributed by atoms with Crippen molar-refractivity contribution in [3.63, 3.8) is 0 Å². The highest BCUT2D eigenvalue weighted by molar-refractivity contribution is 5.80. The van der Waals surface area contributed by atoms with Crippen LogP contribution in [0.15, 0.2) is 42.5 Å². The highest BCUT2D eigenvalue weighted by Crippen LogP contribution is 2.35. The zero-order valence-electron chi connectivity index (χ0n) is 11.5. The third-order valence-corrected chi connectivity index (χ3v) is 2.90. The molecule has 0 unspecified atom stereocenters. The molecule has 0 atom stereocenters. The summed E-state index contributed by atoms with van der Waals surface area (Å²) in [4.78, 5) is 10.9. The molecule has 0 aliphatic carbocycles. The summed E-state index contributed by atoms with van der Waals surface area (Å²) in [5, 5.41) is 26.3. The molecular formula is C15H14N4O2. The van der Waals surface area contributed by atoms with E-state index in [0.29, 0.717) is 29.2 Å². The number of para-hydroxylation sites is 2. The van der Waals surface area contributed by atoms with Crippen LogP contribution in [0.4, 0.5) is 22.7 Å². The van der Waals surface area contributed by atoms with E-state index in [2.05, 4.69) is 16.7 Å². The van der Waals surface area contributed by atoms with Crippen molar-refractivity contribution in [2.24, 2.45) is 0 Å². The minimum absolute atomic E-state index is 0.0351. The molecule has 0 spiro atoms. The molecule has 0 radical (unpaired) electrons. The fraction of sp³-hybridized carbons (Fsp3) is 0.133. The maximum Gasteiger partial charge on any atom is 0.315 e. The third-order valence-electron chi connectivity index (χ3n) is 2.90. The molecule has 0 saturated carbocycles. The van der Waals surface area contributed by atoms with Gasteiger partial charge in [0.25, 0.3) is 0 Å². The van der Waals surface area contributed by atoms with Gasteiger partial charge >= 0.3 is 5.69 Å². The number of benzene rings is 2. The minimum Gasteiger partial charge on any atom is -0.380 e. The quantitative estimate of drug-likeness (QED) is 0.645. The first-order chi connectivity index (χ1) is 10.2. The molecule has 106 valence electrons. The number of anilines is 3. The number of nitro groups is 1. The van der Waals surface area contributed by atoms with Gasteiger partial charge in [-0.25, -0.2) is 0 Å². The van der Waals surface area contributed by atoms with Gasteiger partial charge in [0.1, 0.15) is 17.4 Å². The maximum absolute atomic E-state index is 11.3. The summed E-state index contributed by atoms with van der Waals surface area (Å²) in [6.45, 7) is 2.45. The molecule has 0 saturated heterocycles. The highest BCUT2D eigenvalue weighted by Gasteiger charge is 2.19. The number of nitrogens with one attached hydrogen (secondary N) is 2. The second kappa shape index (κ2) is 6.39. The molecule has 6 heteroatoms. The highest BCUT2D eigenvalue weighted by atomic mass is 16.6. The van der Waals surface area contributed by atoms with Crippen molar-refractivity contribution in [1.29, 1.82) is 5.26 Å². The van der Waals surface area contributed by atoms with E-state index in [1.165, 1.54) is 0 Å². The molecule has 0 heterocycles. The van der Waals surface area contributed by atoms with Crippen molar-refractivity contribution in [3.05, 3.63) is 58.1 Å². The molecule has 0 aliphatic rings. The summed E-state index contributed by atoms with van der Waals surface area (Å²) < 4.78 is 0. The van der Waals surface area contributed by atoms with Crippen molar-refractivity contribution in [2.75, 3.05) is 17.2 Å². The Kier molecular flexibility index (Phi) is 4.36. The summed E-state index contributed by atoms with van der Waals surface area (Å²) in [6.07, 6.45) is 0. The first-order valence-corrected chi connectivity index (χ1v) is 6.44. The lowest BCUT2D eigenvalue weighted by atomic mass is 10.1. The molecule has 21 heavy (non-hydrogen) atoms. The molecule has 0 aromatic heterocycles. The molecule has 6 nitrogen and oxygen atoms in total. The second-order valence-electron chi connectivity index (χ2n) is 4.27. The van der Waals surface area contributed by atoms with Crippen LogP contribution in [0.1, 0.15) is 12.5 Å². The largest absolute Gasteiger partial charge is 0.380 e. The van der Waals surface area contributed by atoms with E-state index in [0.717, 1.165) is 0 Å². The van der Waals surface area contributed by atoms with Crippen LogP contribution in [-0.4, -0.2) is 11.5 Å². The molecule has 0 aliphatic heterocycles. The summed E-state index contributed by atoms with van der Waals surface area (Å²) in [5.74, 6) is 0. The standard InChI is InChI=1S/C15H14N4O2/c1-2-17-13-8-5-9-14(15(13)19(20)21)18-12-7-4-3-6-11(12)10-16/h3-9,17-18H,2H2,1H3. The Morgan fingerprint density at radius 2 is 1.81 bits per heavy atom. The second-order valence-corrected chi connectivity index (χ2v) is 4.27. The molecule has 0 fully saturated rings. The zero-order chi connectivity index (χ0) is 15.2. The predicted molar refractivity (Wildman–Crippen MR) is 81.7 cm³/mol. The van der Waals surface area contributed by atoms with Gasteiger partial charge in [-0.1, -0.05) is 18.2 Å². The lowest BCUT2D eigenvalue weighted by Crippen LogP contribution is -2.04. The van der Waals surface area contributed by atoms with Crippen LogP contribution in [0.5, 0.6) is 0 Å². The summed E-state index contributed by atoms with van der Waals surface area (Å²) in [6, 6.07) is 13.9. The molecular weight excluding hydrogens is 268 g/mol. The van der Waals surface area contributed by atoms with E-state index in [4.69, 9.17) is 5.26 Å². The normalized spacial score (nSPS) is 9.71. The smallest absolute Gasteiger partial charge is 0.315 e. The topological polar surface area (TPSA) is 91.0 Å². The van der Waals surface area contributed by atoms with Gasteiger partial charge in [-0.05, 0) is 31.2 Å². The van der Waals surface area contributed by atoms with Crippen LogP contribution in [-0.2, 0) is 0 Å². The number of nitrogens with zero attached hydrogens (tertiary/aromatic N) is 2. The van der Waals surface area contributed by atoms with E-state index < -0.39 is 4.92 Å². The number of hydrogen-bond donors (Lipinski definition) is 2. The molecule has 2 N–H and O–H groups in total. The molecule has 0 bridgehead atoms. The summed E-state index contributed by atoms with van der Waals surface area (Å²) in [5.41, 5.74) is 1.73. The van der Waals surface area contributed by atoms with Crippen molar-refractivity contribution in [2.45, 2.75) is 6.92 Å². The van der Waals surface area contributed by atoms with Gasteiger partial charge in [0.15, 0.2) is 0 Å². The first kappa shape index (κ1) is 14.3. The Bertz CT molecular complexity index is 707. The van der Waals surface area contributed by atoms with Crippen LogP contribution < -0.4 is 10.6 Å². The van der Waals surface area contributed by atoms with Gasteiger partial charge in [-0.3, -0.25) is 10.1 Å². The van der Waals surface area contributed by atoms with Crippen molar-refractivity contribution in [1.82, 2.24) is 0 Å². The van der Waals surface area contributed by atoms with E-state index in [1.54, 1.807) is 42.5 Å².